The third-order valence-corrected chi connectivity index (χ3v) is 3.47. The van der Waals surface area contributed by atoms with Crippen molar-refractivity contribution in [2.75, 3.05) is 0 Å². The van der Waals surface area contributed by atoms with Gasteiger partial charge < -0.3 is 5.73 Å². The Morgan fingerprint density at radius 3 is 2.90 bits per heavy atom. The molecule has 1 fully saturated rings. The molecular formula is C6H11IN2S. The molecule has 10 heavy (non-hydrogen) atoms. The van der Waals surface area contributed by atoms with Crippen LogP contribution in [0.1, 0.15) is 19.3 Å². The fraction of sp³-hybridized carbons (Fsp3) is 0.833. The van der Waals surface area contributed by atoms with Gasteiger partial charge in [-0.1, -0.05) is 22.6 Å². The third kappa shape index (κ3) is 1.85. The van der Waals surface area contributed by atoms with Crippen molar-refractivity contribution in [3.63, 3.8) is 0 Å². The zero-order chi connectivity index (χ0) is 7.56. The van der Waals surface area contributed by atoms with Crippen molar-refractivity contribution in [1.82, 2.24) is 0 Å². The van der Waals surface area contributed by atoms with Crippen molar-refractivity contribution >= 4 is 41.1 Å². The Morgan fingerprint density at radius 1 is 1.70 bits per heavy atom. The number of nitrogens with zero attached hydrogens (tertiary/aromatic N) is 1. The first-order valence-electron chi connectivity index (χ1n) is 3.36. The van der Waals surface area contributed by atoms with E-state index in [0.29, 0.717) is 3.92 Å². The smallest absolute Gasteiger partial charge is 0.0556 e. The van der Waals surface area contributed by atoms with Gasteiger partial charge in [-0.2, -0.15) is 0 Å². The number of halogens is 1. The lowest BCUT2D eigenvalue weighted by Crippen LogP contribution is -2.41. The summed E-state index contributed by atoms with van der Waals surface area (Å²) in [6.45, 7) is 0. The van der Waals surface area contributed by atoms with Gasteiger partial charge in [0.1, 0.15) is 0 Å². The summed E-state index contributed by atoms with van der Waals surface area (Å²) >= 11 is 6.25. The van der Waals surface area contributed by atoms with Gasteiger partial charge >= 0.3 is 0 Å². The molecule has 1 saturated carbocycles. The lowest BCUT2D eigenvalue weighted by molar-refractivity contribution is 0.641. The predicted octanol–water partition coefficient (Wildman–Crippen LogP) is 1.59. The van der Waals surface area contributed by atoms with Crippen LogP contribution in [-0.4, -0.2) is 15.7 Å². The van der Waals surface area contributed by atoms with Crippen LogP contribution in [0.3, 0.4) is 0 Å². The molecule has 58 valence electrons. The van der Waals surface area contributed by atoms with Crippen LogP contribution in [0.25, 0.3) is 0 Å². The Kier molecular flexibility index (Phi) is 3.45. The normalized spacial score (nSPS) is 38.5. The van der Waals surface area contributed by atoms with E-state index in [-0.39, 0.29) is 6.04 Å². The second-order valence-corrected chi connectivity index (χ2v) is 4.33. The summed E-state index contributed by atoms with van der Waals surface area (Å²) in [6.07, 6.45) is 3.46. The van der Waals surface area contributed by atoms with Crippen molar-refractivity contribution in [1.29, 1.82) is 0 Å². The van der Waals surface area contributed by atoms with E-state index in [0.717, 1.165) is 12.1 Å². The summed E-state index contributed by atoms with van der Waals surface area (Å²) in [6, 6.07) is 0.145. The molecule has 0 spiro atoms. The molecule has 0 saturated heterocycles. The van der Waals surface area contributed by atoms with Crippen LogP contribution in [0.5, 0.6) is 0 Å². The molecule has 0 aliphatic heterocycles. The first kappa shape index (κ1) is 8.80. The highest BCUT2D eigenvalue weighted by molar-refractivity contribution is 14.1. The van der Waals surface area contributed by atoms with Crippen molar-refractivity contribution in [3.05, 3.63) is 0 Å². The molecule has 0 bridgehead atoms. The van der Waals surface area contributed by atoms with Crippen LogP contribution in [0, 0.1) is 0 Å². The van der Waals surface area contributed by atoms with Crippen LogP contribution in [0.2, 0.25) is 0 Å². The molecule has 0 heterocycles. The number of thiol groups is 1. The Morgan fingerprint density at radius 2 is 2.40 bits per heavy atom. The molecule has 1 aliphatic carbocycles. The van der Waals surface area contributed by atoms with E-state index in [9.17, 15) is 0 Å². The van der Waals surface area contributed by atoms with Gasteiger partial charge in [0.15, 0.2) is 0 Å². The van der Waals surface area contributed by atoms with Gasteiger partial charge in [-0.25, -0.2) is 4.40 Å². The van der Waals surface area contributed by atoms with Gasteiger partial charge in [-0.05, 0) is 32.1 Å². The van der Waals surface area contributed by atoms with Gasteiger partial charge in [-0.15, -0.1) is 0 Å². The largest absolute Gasteiger partial charge is 0.322 e. The monoisotopic (exact) mass is 270 g/mol. The van der Waals surface area contributed by atoms with Gasteiger partial charge in [0, 0.05) is 9.64 Å². The Hall–Kier alpha value is 0.710. The molecule has 0 aromatic carbocycles. The number of rotatable bonds is 0. The minimum absolute atomic E-state index is 0.145. The van der Waals surface area contributed by atoms with Crippen LogP contribution in [0.15, 0.2) is 4.40 Å². The maximum atomic E-state index is 5.85. The summed E-state index contributed by atoms with van der Waals surface area (Å²) in [5.74, 6) is 0. The highest BCUT2D eigenvalue weighted by Gasteiger charge is 2.24. The van der Waals surface area contributed by atoms with Gasteiger partial charge in [0.25, 0.3) is 0 Å². The fourth-order valence-corrected chi connectivity index (χ4v) is 2.24. The maximum Gasteiger partial charge on any atom is 0.0556 e. The van der Waals surface area contributed by atoms with Gasteiger partial charge in [0.2, 0.25) is 0 Å². The molecule has 0 radical (unpaired) electrons. The summed E-state index contributed by atoms with van der Waals surface area (Å²) in [4.78, 5) is 0. The molecule has 1 rings (SSSR count). The summed E-state index contributed by atoms with van der Waals surface area (Å²) < 4.78 is 4.41. The third-order valence-electron chi connectivity index (χ3n) is 1.82. The number of hydrogen-bond donors (Lipinski definition) is 2. The predicted molar refractivity (Wildman–Crippen MR) is 56.1 cm³/mol. The van der Waals surface area contributed by atoms with E-state index in [2.05, 4.69) is 39.8 Å². The van der Waals surface area contributed by atoms with Crippen LogP contribution in [-0.2, 0) is 0 Å². The molecule has 2 atom stereocenters. The molecule has 0 aromatic rings. The summed E-state index contributed by atoms with van der Waals surface area (Å²) in [7, 11) is 0. The number of hydrogen-bond acceptors (Lipinski definition) is 3. The van der Waals surface area contributed by atoms with Crippen LogP contribution < -0.4 is 5.73 Å². The second kappa shape index (κ2) is 3.92. The number of nitrogens with two attached hydrogens (primary N) is 1. The van der Waals surface area contributed by atoms with E-state index in [1.165, 1.54) is 12.8 Å². The van der Waals surface area contributed by atoms with Gasteiger partial charge in [0.05, 0.1) is 6.04 Å². The average molecular weight is 270 g/mol. The first-order valence-corrected chi connectivity index (χ1v) is 5.00. The first-order chi connectivity index (χ1) is 4.75. The van der Waals surface area contributed by atoms with E-state index in [4.69, 9.17) is 5.73 Å². The topological polar surface area (TPSA) is 38.4 Å². The highest BCUT2D eigenvalue weighted by Crippen LogP contribution is 2.22. The van der Waals surface area contributed by atoms with E-state index in [1.54, 1.807) is 0 Å². The Balaban J connectivity index is 2.60. The second-order valence-electron chi connectivity index (χ2n) is 2.53. The molecule has 1 aliphatic rings. The van der Waals surface area contributed by atoms with Gasteiger partial charge in [-0.3, -0.25) is 0 Å². The van der Waals surface area contributed by atoms with Crippen molar-refractivity contribution in [2.24, 2.45) is 10.1 Å². The summed E-state index contributed by atoms with van der Waals surface area (Å²) in [5, 5.41) is 0. The zero-order valence-corrected chi connectivity index (χ0v) is 8.68. The standard InChI is InChI=1S/C6H11IN2S/c7-4-2-1-3-5(9-10)6(4)8/h4,6,10H,1-3,8H2/b9-5-/t4-,6?/m0/s1. The highest BCUT2D eigenvalue weighted by atomic mass is 127. The lowest BCUT2D eigenvalue weighted by atomic mass is 9.94. The minimum Gasteiger partial charge on any atom is -0.322 e. The number of alkyl halides is 1. The molecular weight excluding hydrogens is 259 g/mol. The van der Waals surface area contributed by atoms with Crippen LogP contribution in [0.4, 0.5) is 0 Å². The fourth-order valence-electron chi connectivity index (χ4n) is 1.15. The molecule has 0 aromatic heterocycles. The van der Waals surface area contributed by atoms with Crippen LogP contribution >= 0.6 is 35.4 Å². The maximum absolute atomic E-state index is 5.85. The quantitative estimate of drug-likeness (QED) is 0.391. The van der Waals surface area contributed by atoms with Crippen molar-refractivity contribution in [2.45, 2.75) is 29.2 Å². The summed E-state index contributed by atoms with van der Waals surface area (Å²) in [5.41, 5.74) is 6.91. The van der Waals surface area contributed by atoms with E-state index in [1.807, 2.05) is 0 Å². The van der Waals surface area contributed by atoms with E-state index < -0.39 is 0 Å². The molecule has 4 heteroatoms. The minimum atomic E-state index is 0.145. The van der Waals surface area contributed by atoms with Crippen molar-refractivity contribution in [3.8, 4) is 0 Å². The average Bonchev–Trinajstić information content (AvgIpc) is 1.95. The van der Waals surface area contributed by atoms with E-state index >= 15 is 0 Å². The van der Waals surface area contributed by atoms with Crippen molar-refractivity contribution < 1.29 is 0 Å². The zero-order valence-electron chi connectivity index (χ0n) is 5.63. The Bertz CT molecular complexity index is 149. The SMILES string of the molecule is NC1/C(=N\S)CCC[C@@H]1I. The lowest BCUT2D eigenvalue weighted by Gasteiger charge is -2.24. The molecule has 0 amide bonds. The molecule has 1 unspecified atom stereocenters. The molecule has 2 nitrogen and oxygen atoms in total. The molecule has 2 N–H and O–H groups in total. The Labute approximate surface area is 80.3 Å².